The summed E-state index contributed by atoms with van der Waals surface area (Å²) in [6.07, 6.45) is 1.77. The summed E-state index contributed by atoms with van der Waals surface area (Å²) in [4.78, 5) is 8.02. The minimum Gasteiger partial charge on any atom is -0.444 e. The molecule has 0 bridgehead atoms. The third-order valence-electron chi connectivity index (χ3n) is 2.88. The standard InChI is InChI=1S/C12H15N3OS.2ClH/c1-2-11(17-7-1)12-14-10(9-16-12)8-15-5-3-13-4-6-15;;/h1-2,7,9,13H,3-6,8H2;2*1H. The van der Waals surface area contributed by atoms with Gasteiger partial charge < -0.3 is 9.73 Å². The van der Waals surface area contributed by atoms with Crippen LogP contribution in [0.2, 0.25) is 0 Å². The van der Waals surface area contributed by atoms with Crippen molar-refractivity contribution in [1.29, 1.82) is 0 Å². The Morgan fingerprint density at radius 2 is 2.11 bits per heavy atom. The van der Waals surface area contributed by atoms with Gasteiger partial charge in [-0.25, -0.2) is 4.98 Å². The molecule has 0 amide bonds. The normalized spacial score (nSPS) is 15.6. The summed E-state index contributed by atoms with van der Waals surface area (Å²) in [6.45, 7) is 5.18. The molecule has 2 aromatic rings. The summed E-state index contributed by atoms with van der Waals surface area (Å²) in [6, 6.07) is 4.05. The Labute approximate surface area is 129 Å². The maximum atomic E-state index is 5.51. The van der Waals surface area contributed by atoms with Gasteiger partial charge in [0.2, 0.25) is 5.89 Å². The Kier molecular flexibility index (Phi) is 6.82. The lowest BCUT2D eigenvalue weighted by Crippen LogP contribution is -2.42. The van der Waals surface area contributed by atoms with Gasteiger partial charge in [-0.05, 0) is 11.4 Å². The SMILES string of the molecule is Cl.Cl.c1csc(-c2nc(CN3CCNCC3)co2)c1. The number of oxazole rings is 1. The van der Waals surface area contributed by atoms with Crippen LogP contribution in [0, 0.1) is 0 Å². The molecule has 1 N–H and O–H groups in total. The molecule has 19 heavy (non-hydrogen) atoms. The second-order valence-electron chi connectivity index (χ2n) is 4.15. The lowest BCUT2D eigenvalue weighted by molar-refractivity contribution is 0.230. The molecule has 1 fully saturated rings. The van der Waals surface area contributed by atoms with Crippen LogP contribution in [0.3, 0.4) is 0 Å². The van der Waals surface area contributed by atoms with E-state index in [1.807, 2.05) is 17.5 Å². The highest BCUT2D eigenvalue weighted by Crippen LogP contribution is 2.23. The van der Waals surface area contributed by atoms with Gasteiger partial charge in [0.05, 0.1) is 10.6 Å². The van der Waals surface area contributed by atoms with Gasteiger partial charge in [0, 0.05) is 32.7 Å². The van der Waals surface area contributed by atoms with Gasteiger partial charge in [0.15, 0.2) is 0 Å². The van der Waals surface area contributed by atoms with E-state index in [4.69, 9.17) is 4.42 Å². The third-order valence-corrected chi connectivity index (χ3v) is 3.74. The zero-order chi connectivity index (χ0) is 11.5. The van der Waals surface area contributed by atoms with Crippen LogP contribution in [0.25, 0.3) is 10.8 Å². The zero-order valence-electron chi connectivity index (χ0n) is 10.4. The molecule has 0 aromatic carbocycles. The highest BCUT2D eigenvalue weighted by molar-refractivity contribution is 7.13. The van der Waals surface area contributed by atoms with Crippen molar-refractivity contribution < 1.29 is 4.42 Å². The first-order chi connectivity index (χ1) is 8.42. The number of aromatic nitrogens is 1. The van der Waals surface area contributed by atoms with E-state index in [0.717, 1.165) is 49.2 Å². The number of nitrogens with zero attached hydrogens (tertiary/aromatic N) is 2. The molecule has 1 saturated heterocycles. The van der Waals surface area contributed by atoms with E-state index in [1.54, 1.807) is 17.6 Å². The first kappa shape index (κ1) is 16.5. The van der Waals surface area contributed by atoms with E-state index in [9.17, 15) is 0 Å². The fourth-order valence-corrected chi connectivity index (χ4v) is 2.65. The van der Waals surface area contributed by atoms with Crippen molar-refractivity contribution in [2.24, 2.45) is 0 Å². The van der Waals surface area contributed by atoms with Gasteiger partial charge in [0.25, 0.3) is 0 Å². The minimum atomic E-state index is 0. The zero-order valence-corrected chi connectivity index (χ0v) is 12.8. The number of hydrogen-bond acceptors (Lipinski definition) is 5. The summed E-state index contributed by atoms with van der Waals surface area (Å²) in [7, 11) is 0. The summed E-state index contributed by atoms with van der Waals surface area (Å²) < 4.78 is 5.51. The molecule has 1 aliphatic heterocycles. The highest BCUT2D eigenvalue weighted by Gasteiger charge is 2.13. The molecule has 7 heteroatoms. The van der Waals surface area contributed by atoms with Crippen LogP contribution in [0.15, 0.2) is 28.2 Å². The van der Waals surface area contributed by atoms with Crippen LogP contribution in [0.4, 0.5) is 0 Å². The second kappa shape index (κ2) is 7.87. The predicted octanol–water partition coefficient (Wildman–Crippen LogP) is 2.65. The van der Waals surface area contributed by atoms with Crippen LogP contribution >= 0.6 is 36.2 Å². The van der Waals surface area contributed by atoms with Gasteiger partial charge in [-0.3, -0.25) is 4.90 Å². The maximum Gasteiger partial charge on any atom is 0.236 e. The molecule has 0 saturated carbocycles. The average Bonchev–Trinajstić information content (AvgIpc) is 3.00. The van der Waals surface area contributed by atoms with Gasteiger partial charge in [-0.15, -0.1) is 36.2 Å². The van der Waals surface area contributed by atoms with Gasteiger partial charge in [0.1, 0.15) is 6.26 Å². The minimum absolute atomic E-state index is 0. The Balaban J connectivity index is 0.000000902. The molecule has 0 radical (unpaired) electrons. The Morgan fingerprint density at radius 1 is 1.32 bits per heavy atom. The van der Waals surface area contributed by atoms with Crippen LogP contribution in [-0.2, 0) is 6.54 Å². The Morgan fingerprint density at radius 3 is 2.79 bits per heavy atom. The van der Waals surface area contributed by atoms with Crippen LogP contribution < -0.4 is 5.32 Å². The van der Waals surface area contributed by atoms with E-state index in [1.165, 1.54) is 0 Å². The molecule has 0 aliphatic carbocycles. The van der Waals surface area contributed by atoms with Crippen molar-refractivity contribution >= 4 is 36.2 Å². The number of thiophene rings is 1. The monoisotopic (exact) mass is 321 g/mol. The summed E-state index contributed by atoms with van der Waals surface area (Å²) in [5.74, 6) is 0.741. The molecule has 106 valence electrons. The van der Waals surface area contributed by atoms with E-state index in [0.29, 0.717) is 0 Å². The van der Waals surface area contributed by atoms with E-state index < -0.39 is 0 Å². The smallest absolute Gasteiger partial charge is 0.236 e. The lowest BCUT2D eigenvalue weighted by Gasteiger charge is -2.25. The molecule has 2 aromatic heterocycles. The lowest BCUT2D eigenvalue weighted by atomic mass is 10.3. The van der Waals surface area contributed by atoms with Crippen molar-refractivity contribution in [1.82, 2.24) is 15.2 Å². The summed E-state index contributed by atoms with van der Waals surface area (Å²) in [5.41, 5.74) is 1.02. The van der Waals surface area contributed by atoms with Crippen molar-refractivity contribution in [3.05, 3.63) is 29.5 Å². The van der Waals surface area contributed by atoms with E-state index >= 15 is 0 Å². The quantitative estimate of drug-likeness (QED) is 0.943. The van der Waals surface area contributed by atoms with Crippen molar-refractivity contribution in [2.45, 2.75) is 6.54 Å². The fraction of sp³-hybridized carbons (Fsp3) is 0.417. The third kappa shape index (κ3) is 4.19. The summed E-state index contributed by atoms with van der Waals surface area (Å²) >= 11 is 1.66. The van der Waals surface area contributed by atoms with E-state index in [-0.39, 0.29) is 24.8 Å². The molecule has 0 atom stereocenters. The molecule has 1 aliphatic rings. The average molecular weight is 322 g/mol. The topological polar surface area (TPSA) is 41.3 Å². The first-order valence-corrected chi connectivity index (χ1v) is 6.71. The largest absolute Gasteiger partial charge is 0.444 e. The van der Waals surface area contributed by atoms with Crippen molar-refractivity contribution in [3.8, 4) is 10.8 Å². The molecule has 3 rings (SSSR count). The number of hydrogen-bond donors (Lipinski definition) is 1. The number of nitrogens with one attached hydrogen (secondary N) is 1. The predicted molar refractivity (Wildman–Crippen MR) is 82.5 cm³/mol. The molecular weight excluding hydrogens is 305 g/mol. The Hall–Kier alpha value is -0.590. The van der Waals surface area contributed by atoms with Crippen LogP contribution in [0.5, 0.6) is 0 Å². The first-order valence-electron chi connectivity index (χ1n) is 5.83. The molecule has 0 unspecified atom stereocenters. The van der Waals surface area contributed by atoms with Crippen molar-refractivity contribution in [3.63, 3.8) is 0 Å². The number of halogens is 2. The number of rotatable bonds is 3. The highest BCUT2D eigenvalue weighted by atomic mass is 35.5. The molecule has 4 nitrogen and oxygen atoms in total. The molecule has 0 spiro atoms. The Bertz CT molecular complexity index is 469. The number of piperazine rings is 1. The second-order valence-corrected chi connectivity index (χ2v) is 5.10. The van der Waals surface area contributed by atoms with E-state index in [2.05, 4.69) is 15.2 Å². The maximum absolute atomic E-state index is 5.51. The van der Waals surface area contributed by atoms with Crippen LogP contribution in [-0.4, -0.2) is 36.1 Å². The van der Waals surface area contributed by atoms with Gasteiger partial charge in [-0.1, -0.05) is 6.07 Å². The fourth-order valence-electron chi connectivity index (χ4n) is 1.99. The van der Waals surface area contributed by atoms with Gasteiger partial charge >= 0.3 is 0 Å². The molecule has 3 heterocycles. The summed E-state index contributed by atoms with van der Waals surface area (Å²) in [5, 5.41) is 5.38. The van der Waals surface area contributed by atoms with Gasteiger partial charge in [-0.2, -0.15) is 0 Å². The molecular formula is C12H17Cl2N3OS. The van der Waals surface area contributed by atoms with Crippen LogP contribution in [0.1, 0.15) is 5.69 Å². The van der Waals surface area contributed by atoms with Crippen molar-refractivity contribution in [2.75, 3.05) is 26.2 Å².